The second kappa shape index (κ2) is 3.73. The van der Waals surface area contributed by atoms with E-state index < -0.39 is 0 Å². The average molecular weight is 226 g/mol. The molecule has 3 rings (SSSR count). The van der Waals surface area contributed by atoms with Gasteiger partial charge in [-0.1, -0.05) is 6.07 Å². The summed E-state index contributed by atoms with van der Waals surface area (Å²) in [4.78, 5) is 7.48. The maximum absolute atomic E-state index is 4.19. The molecule has 1 aromatic carbocycles. The molecule has 0 aliphatic rings. The van der Waals surface area contributed by atoms with Gasteiger partial charge in [0.25, 0.3) is 0 Å². The van der Waals surface area contributed by atoms with Gasteiger partial charge in [-0.3, -0.25) is 5.10 Å². The van der Waals surface area contributed by atoms with Crippen molar-refractivity contribution in [2.24, 2.45) is 0 Å². The van der Waals surface area contributed by atoms with Gasteiger partial charge in [0, 0.05) is 23.5 Å². The summed E-state index contributed by atoms with van der Waals surface area (Å²) in [5.74, 6) is 0.902. The van der Waals surface area contributed by atoms with E-state index in [1.165, 1.54) is 27.6 Å². The number of aryl methyl sites for hydroxylation is 2. The highest BCUT2D eigenvalue weighted by Crippen LogP contribution is 2.26. The van der Waals surface area contributed by atoms with Crippen molar-refractivity contribution in [2.75, 3.05) is 0 Å². The van der Waals surface area contributed by atoms with Gasteiger partial charge in [-0.05, 0) is 36.6 Å². The first-order valence-corrected chi connectivity index (χ1v) is 5.66. The Hall–Kier alpha value is -2.10. The number of H-pyrrole nitrogens is 2. The Morgan fingerprint density at radius 3 is 2.88 bits per heavy atom. The Kier molecular flexibility index (Phi) is 2.21. The molecule has 2 heterocycles. The summed E-state index contributed by atoms with van der Waals surface area (Å²) in [6.45, 7) is 4.27. The van der Waals surface area contributed by atoms with Crippen molar-refractivity contribution in [3.05, 3.63) is 47.2 Å². The third-order valence-electron chi connectivity index (χ3n) is 3.18. The number of hydrogen-bond acceptors (Lipinski definition) is 2. The Morgan fingerprint density at radius 2 is 2.12 bits per heavy atom. The molecule has 0 spiro atoms. The van der Waals surface area contributed by atoms with Crippen LogP contribution < -0.4 is 0 Å². The van der Waals surface area contributed by atoms with Crippen molar-refractivity contribution in [3.8, 4) is 0 Å². The van der Waals surface area contributed by atoms with Crippen LogP contribution in [0.2, 0.25) is 0 Å². The number of hydrogen-bond donors (Lipinski definition) is 2. The van der Waals surface area contributed by atoms with E-state index in [1.54, 1.807) is 6.33 Å². The van der Waals surface area contributed by atoms with Crippen molar-refractivity contribution in [1.29, 1.82) is 0 Å². The van der Waals surface area contributed by atoms with Crippen LogP contribution in [0, 0.1) is 13.8 Å². The molecule has 4 nitrogen and oxygen atoms in total. The van der Waals surface area contributed by atoms with Crippen molar-refractivity contribution in [2.45, 2.75) is 20.3 Å². The number of nitrogens with zero attached hydrogens (tertiary/aromatic N) is 2. The minimum Gasteiger partial charge on any atom is -0.361 e. The van der Waals surface area contributed by atoms with Crippen LogP contribution in [0.25, 0.3) is 10.9 Å². The largest absolute Gasteiger partial charge is 0.361 e. The van der Waals surface area contributed by atoms with Gasteiger partial charge in [0.15, 0.2) is 0 Å². The summed E-state index contributed by atoms with van der Waals surface area (Å²) >= 11 is 0. The highest BCUT2D eigenvalue weighted by Gasteiger charge is 2.10. The fourth-order valence-electron chi connectivity index (χ4n) is 2.36. The lowest BCUT2D eigenvalue weighted by atomic mass is 9.98. The number of rotatable bonds is 2. The van der Waals surface area contributed by atoms with Crippen molar-refractivity contribution in [1.82, 2.24) is 20.2 Å². The predicted octanol–water partition coefficient (Wildman–Crippen LogP) is 2.49. The van der Waals surface area contributed by atoms with Gasteiger partial charge in [0.05, 0.1) is 0 Å². The number of aromatic nitrogens is 4. The van der Waals surface area contributed by atoms with Gasteiger partial charge >= 0.3 is 0 Å². The Morgan fingerprint density at radius 1 is 1.24 bits per heavy atom. The molecule has 0 aliphatic heterocycles. The summed E-state index contributed by atoms with van der Waals surface area (Å²) in [6, 6.07) is 4.34. The lowest BCUT2D eigenvalue weighted by molar-refractivity contribution is 0.971. The Balaban J connectivity index is 2.18. The zero-order valence-corrected chi connectivity index (χ0v) is 9.91. The zero-order valence-electron chi connectivity index (χ0n) is 9.91. The van der Waals surface area contributed by atoms with E-state index in [-0.39, 0.29) is 0 Å². The monoisotopic (exact) mass is 226 g/mol. The summed E-state index contributed by atoms with van der Waals surface area (Å²) in [6.07, 6.45) is 4.33. The van der Waals surface area contributed by atoms with Crippen LogP contribution in [0.4, 0.5) is 0 Å². The quantitative estimate of drug-likeness (QED) is 0.705. The normalized spacial score (nSPS) is 11.2. The molecule has 0 amide bonds. The molecular weight excluding hydrogens is 212 g/mol. The lowest BCUT2D eigenvalue weighted by Crippen LogP contribution is -1.96. The molecule has 0 fully saturated rings. The van der Waals surface area contributed by atoms with E-state index in [9.17, 15) is 0 Å². The fraction of sp³-hybridized carbons (Fsp3) is 0.231. The highest BCUT2D eigenvalue weighted by atomic mass is 15.2. The van der Waals surface area contributed by atoms with E-state index in [0.29, 0.717) is 0 Å². The van der Waals surface area contributed by atoms with Crippen LogP contribution in [-0.2, 0) is 6.42 Å². The molecule has 0 saturated heterocycles. The van der Waals surface area contributed by atoms with Gasteiger partial charge in [0.1, 0.15) is 12.2 Å². The number of aromatic amines is 2. The minimum atomic E-state index is 0.792. The van der Waals surface area contributed by atoms with Crippen LogP contribution in [0.1, 0.15) is 22.5 Å². The van der Waals surface area contributed by atoms with Gasteiger partial charge in [-0.2, -0.15) is 5.10 Å². The third-order valence-corrected chi connectivity index (χ3v) is 3.18. The summed E-state index contributed by atoms with van der Waals surface area (Å²) < 4.78 is 0. The number of nitrogens with one attached hydrogen (secondary N) is 2. The van der Waals surface area contributed by atoms with Gasteiger partial charge in [-0.25, -0.2) is 4.98 Å². The molecule has 0 bridgehead atoms. The van der Waals surface area contributed by atoms with Crippen molar-refractivity contribution in [3.63, 3.8) is 0 Å². The fourth-order valence-corrected chi connectivity index (χ4v) is 2.36. The standard InChI is InChI=1S/C13H14N4/c1-8-5-9(2)13-10(3-4-14-13)11(8)6-12-15-7-16-17-12/h3-5,7,14H,6H2,1-2H3,(H,15,16,17). The second-order valence-corrected chi connectivity index (χ2v) is 4.36. The highest BCUT2D eigenvalue weighted by molar-refractivity contribution is 5.87. The molecule has 0 radical (unpaired) electrons. The molecule has 3 aromatic rings. The lowest BCUT2D eigenvalue weighted by Gasteiger charge is -2.08. The average Bonchev–Trinajstić information content (AvgIpc) is 2.95. The predicted molar refractivity (Wildman–Crippen MR) is 67.0 cm³/mol. The Bertz CT molecular complexity index is 649. The second-order valence-electron chi connectivity index (χ2n) is 4.36. The van der Waals surface area contributed by atoms with Crippen LogP contribution in [0.15, 0.2) is 24.7 Å². The van der Waals surface area contributed by atoms with Gasteiger partial charge in [0.2, 0.25) is 0 Å². The van der Waals surface area contributed by atoms with Crippen molar-refractivity contribution < 1.29 is 0 Å². The van der Waals surface area contributed by atoms with E-state index in [1.807, 2.05) is 6.20 Å². The van der Waals surface area contributed by atoms with Gasteiger partial charge < -0.3 is 4.98 Å². The van der Waals surface area contributed by atoms with Crippen LogP contribution in [-0.4, -0.2) is 20.2 Å². The van der Waals surface area contributed by atoms with E-state index in [0.717, 1.165) is 12.2 Å². The zero-order chi connectivity index (χ0) is 11.8. The molecular formula is C13H14N4. The van der Waals surface area contributed by atoms with Crippen LogP contribution in [0.5, 0.6) is 0 Å². The van der Waals surface area contributed by atoms with Gasteiger partial charge in [-0.15, -0.1) is 0 Å². The van der Waals surface area contributed by atoms with Crippen LogP contribution in [0.3, 0.4) is 0 Å². The SMILES string of the molecule is Cc1cc(C)c2[nH]ccc2c1Cc1ncn[nH]1. The third kappa shape index (κ3) is 1.62. The first-order valence-electron chi connectivity index (χ1n) is 5.66. The molecule has 0 atom stereocenters. The molecule has 17 heavy (non-hydrogen) atoms. The Labute approximate surface area is 99.1 Å². The molecule has 2 N–H and O–H groups in total. The molecule has 2 aromatic heterocycles. The first-order chi connectivity index (χ1) is 8.25. The van der Waals surface area contributed by atoms with E-state index >= 15 is 0 Å². The maximum Gasteiger partial charge on any atom is 0.137 e. The maximum atomic E-state index is 4.19. The van der Waals surface area contributed by atoms with Crippen molar-refractivity contribution >= 4 is 10.9 Å². The smallest absolute Gasteiger partial charge is 0.137 e. The van der Waals surface area contributed by atoms with Crippen LogP contribution >= 0.6 is 0 Å². The van der Waals surface area contributed by atoms with E-state index in [2.05, 4.69) is 46.1 Å². The molecule has 0 unspecified atom stereocenters. The first kappa shape index (κ1) is 10.1. The molecule has 4 heteroatoms. The summed E-state index contributed by atoms with van der Waals surface area (Å²) in [7, 11) is 0. The number of fused-ring (bicyclic) bond motifs is 1. The topological polar surface area (TPSA) is 57.4 Å². The minimum absolute atomic E-state index is 0.792. The summed E-state index contributed by atoms with van der Waals surface area (Å²) in [5.41, 5.74) is 5.10. The summed E-state index contributed by atoms with van der Waals surface area (Å²) in [5, 5.41) is 8.08. The molecule has 0 aliphatic carbocycles. The molecule has 86 valence electrons. The molecule has 0 saturated carbocycles. The number of benzene rings is 1. The van der Waals surface area contributed by atoms with E-state index in [4.69, 9.17) is 0 Å².